The van der Waals surface area contributed by atoms with Gasteiger partial charge in [-0.2, -0.15) is 13.2 Å². The molecule has 2 fully saturated rings. The van der Waals surface area contributed by atoms with Crippen molar-refractivity contribution in [3.05, 3.63) is 29.8 Å². The van der Waals surface area contributed by atoms with Gasteiger partial charge in [0.15, 0.2) is 6.10 Å². The minimum atomic E-state index is -4.50. The summed E-state index contributed by atoms with van der Waals surface area (Å²) in [5.41, 5.74) is -1.82. The minimum absolute atomic E-state index is 0.0309. The molecule has 1 heterocycles. The summed E-state index contributed by atoms with van der Waals surface area (Å²) in [5, 5.41) is 4.92. The topological polar surface area (TPSA) is 105 Å². The summed E-state index contributed by atoms with van der Waals surface area (Å²) < 4.78 is 42.7. The summed E-state index contributed by atoms with van der Waals surface area (Å²) in [5.74, 6) is -2.23. The number of anilines is 1. The van der Waals surface area contributed by atoms with Gasteiger partial charge in [-0.3, -0.25) is 19.3 Å². The number of nitrogens with zero attached hydrogens (tertiary/aromatic N) is 1. The van der Waals surface area contributed by atoms with Gasteiger partial charge in [-0.1, -0.05) is 0 Å². The third-order valence-electron chi connectivity index (χ3n) is 5.14. The van der Waals surface area contributed by atoms with Crippen LogP contribution in [-0.4, -0.2) is 46.9 Å². The molecule has 2 aliphatic rings. The molecule has 4 amide bonds. The normalized spacial score (nSPS) is 22.5. The van der Waals surface area contributed by atoms with Gasteiger partial charge in [0, 0.05) is 5.69 Å². The molecule has 0 bridgehead atoms. The van der Waals surface area contributed by atoms with Crippen LogP contribution >= 0.6 is 0 Å². The molecule has 1 saturated carbocycles. The highest BCUT2D eigenvalue weighted by Gasteiger charge is 2.56. The van der Waals surface area contributed by atoms with Crippen molar-refractivity contribution in [1.82, 2.24) is 10.2 Å². The number of urea groups is 1. The van der Waals surface area contributed by atoms with E-state index in [4.69, 9.17) is 4.74 Å². The number of rotatable bonds is 6. The second-order valence-electron chi connectivity index (χ2n) is 7.49. The number of alkyl halides is 3. The second kappa shape index (κ2) is 7.62. The van der Waals surface area contributed by atoms with Gasteiger partial charge in [0.25, 0.3) is 11.8 Å². The highest BCUT2D eigenvalue weighted by Crippen LogP contribution is 2.42. The van der Waals surface area contributed by atoms with E-state index in [1.54, 1.807) is 6.92 Å². The SMILES string of the molecule is C[C@@H](OC(=O)CN1C(=O)N[C@@](C)(C2CC2)C1=O)C(=O)Nc1ccc(C(F)(F)F)cc1. The van der Waals surface area contributed by atoms with Crippen molar-refractivity contribution in [1.29, 1.82) is 0 Å². The molecule has 0 unspecified atom stereocenters. The van der Waals surface area contributed by atoms with Crippen LogP contribution in [0, 0.1) is 5.92 Å². The van der Waals surface area contributed by atoms with Crippen molar-refractivity contribution >= 4 is 29.5 Å². The molecule has 2 N–H and O–H groups in total. The van der Waals surface area contributed by atoms with Gasteiger partial charge >= 0.3 is 18.2 Å². The smallest absolute Gasteiger partial charge is 0.416 e. The Labute approximate surface area is 169 Å². The molecule has 1 aromatic rings. The maximum atomic E-state index is 12.6. The summed E-state index contributed by atoms with van der Waals surface area (Å²) in [6, 6.07) is 3.05. The van der Waals surface area contributed by atoms with Crippen LogP contribution in [0.4, 0.5) is 23.7 Å². The van der Waals surface area contributed by atoms with Crippen LogP contribution in [0.3, 0.4) is 0 Å². The van der Waals surface area contributed by atoms with Crippen LogP contribution in [0.25, 0.3) is 0 Å². The quantitative estimate of drug-likeness (QED) is 0.536. The van der Waals surface area contributed by atoms with E-state index in [0.717, 1.165) is 42.0 Å². The summed E-state index contributed by atoms with van der Waals surface area (Å²) >= 11 is 0. The zero-order chi connectivity index (χ0) is 22.3. The van der Waals surface area contributed by atoms with E-state index in [1.165, 1.54) is 6.92 Å². The van der Waals surface area contributed by atoms with E-state index >= 15 is 0 Å². The Hall–Kier alpha value is -3.11. The van der Waals surface area contributed by atoms with Crippen molar-refractivity contribution in [2.24, 2.45) is 5.92 Å². The van der Waals surface area contributed by atoms with Crippen molar-refractivity contribution in [2.75, 3.05) is 11.9 Å². The molecule has 3 rings (SSSR count). The van der Waals surface area contributed by atoms with Gasteiger partial charge in [0.05, 0.1) is 5.56 Å². The summed E-state index contributed by atoms with van der Waals surface area (Å²) in [4.78, 5) is 49.5. The van der Waals surface area contributed by atoms with E-state index in [9.17, 15) is 32.3 Å². The van der Waals surface area contributed by atoms with Crippen molar-refractivity contribution in [3.63, 3.8) is 0 Å². The number of ether oxygens (including phenoxy) is 1. The predicted molar refractivity (Wildman–Crippen MR) is 97.0 cm³/mol. The number of amides is 4. The Bertz CT molecular complexity index is 882. The molecule has 1 aromatic carbocycles. The van der Waals surface area contributed by atoms with Crippen molar-refractivity contribution < 1.29 is 37.1 Å². The van der Waals surface area contributed by atoms with Crippen LogP contribution in [0.2, 0.25) is 0 Å². The maximum absolute atomic E-state index is 12.6. The maximum Gasteiger partial charge on any atom is 0.416 e. The van der Waals surface area contributed by atoms with E-state index in [2.05, 4.69) is 10.6 Å². The Morgan fingerprint density at radius 3 is 2.40 bits per heavy atom. The third-order valence-corrected chi connectivity index (χ3v) is 5.14. The van der Waals surface area contributed by atoms with Gasteiger partial charge in [-0.25, -0.2) is 4.79 Å². The average Bonchev–Trinajstić information content (AvgIpc) is 3.47. The Kier molecular flexibility index (Phi) is 5.48. The molecule has 1 saturated heterocycles. The number of carbonyl (C=O) groups is 4. The van der Waals surface area contributed by atoms with E-state index in [0.29, 0.717) is 0 Å². The zero-order valence-electron chi connectivity index (χ0n) is 16.2. The lowest BCUT2D eigenvalue weighted by Gasteiger charge is -2.21. The monoisotopic (exact) mass is 427 g/mol. The fourth-order valence-electron chi connectivity index (χ4n) is 3.20. The van der Waals surface area contributed by atoms with Crippen molar-refractivity contribution in [2.45, 2.75) is 44.5 Å². The van der Waals surface area contributed by atoms with E-state index in [1.807, 2.05) is 0 Å². The van der Waals surface area contributed by atoms with E-state index in [-0.39, 0.29) is 11.6 Å². The average molecular weight is 427 g/mol. The molecule has 0 spiro atoms. The molecule has 11 heteroatoms. The molecule has 1 aliphatic carbocycles. The number of carbonyl (C=O) groups excluding carboxylic acids is 4. The molecule has 0 aromatic heterocycles. The number of hydrogen-bond donors (Lipinski definition) is 2. The Morgan fingerprint density at radius 1 is 1.27 bits per heavy atom. The number of benzene rings is 1. The number of nitrogens with one attached hydrogen (secondary N) is 2. The highest BCUT2D eigenvalue weighted by atomic mass is 19.4. The predicted octanol–water partition coefficient (Wildman–Crippen LogP) is 2.30. The third kappa shape index (κ3) is 4.39. The number of imide groups is 1. The summed E-state index contributed by atoms with van der Waals surface area (Å²) in [6.45, 7) is 2.22. The molecule has 162 valence electrons. The minimum Gasteiger partial charge on any atom is -0.451 e. The fraction of sp³-hybridized carbons (Fsp3) is 0.474. The first kappa shape index (κ1) is 21.6. The molecular formula is C19H20F3N3O5. The van der Waals surface area contributed by atoms with Gasteiger partial charge in [0.1, 0.15) is 12.1 Å². The zero-order valence-corrected chi connectivity index (χ0v) is 16.2. The lowest BCUT2D eigenvalue weighted by Crippen LogP contribution is -2.46. The first-order valence-corrected chi connectivity index (χ1v) is 9.23. The van der Waals surface area contributed by atoms with Gasteiger partial charge in [-0.15, -0.1) is 0 Å². The van der Waals surface area contributed by atoms with E-state index < -0.39 is 53.7 Å². The Balaban J connectivity index is 1.53. The molecule has 30 heavy (non-hydrogen) atoms. The van der Waals surface area contributed by atoms with Crippen LogP contribution in [0.1, 0.15) is 32.3 Å². The van der Waals surface area contributed by atoms with Crippen LogP contribution < -0.4 is 10.6 Å². The highest BCUT2D eigenvalue weighted by molar-refractivity contribution is 6.09. The molecule has 0 radical (unpaired) electrons. The van der Waals surface area contributed by atoms with Crippen LogP contribution in [-0.2, 0) is 25.3 Å². The number of halogens is 3. The van der Waals surface area contributed by atoms with Gasteiger partial charge in [0.2, 0.25) is 0 Å². The number of hydrogen-bond acceptors (Lipinski definition) is 5. The van der Waals surface area contributed by atoms with Crippen molar-refractivity contribution in [3.8, 4) is 0 Å². The van der Waals surface area contributed by atoms with Crippen LogP contribution in [0.15, 0.2) is 24.3 Å². The molecule has 2 atom stereocenters. The van der Waals surface area contributed by atoms with Crippen LogP contribution in [0.5, 0.6) is 0 Å². The fourth-order valence-corrected chi connectivity index (χ4v) is 3.20. The largest absolute Gasteiger partial charge is 0.451 e. The molecule has 8 nitrogen and oxygen atoms in total. The summed E-state index contributed by atoms with van der Waals surface area (Å²) in [6.07, 6.45) is -4.18. The first-order chi connectivity index (χ1) is 13.9. The van der Waals surface area contributed by atoms with Gasteiger partial charge < -0.3 is 15.4 Å². The first-order valence-electron chi connectivity index (χ1n) is 9.23. The molecular weight excluding hydrogens is 407 g/mol. The molecule has 1 aliphatic heterocycles. The standard InChI is InChI=1S/C19H20F3N3O5/c1-10(15(27)23-13-7-5-12(6-8-13)19(20,21)22)30-14(26)9-25-16(28)18(2,11-3-4-11)24-17(25)29/h5-8,10-11H,3-4,9H2,1-2H3,(H,23,27)(H,24,29)/t10-,18+/m1/s1. The second-order valence-corrected chi connectivity index (χ2v) is 7.49. The number of esters is 1. The summed E-state index contributed by atoms with van der Waals surface area (Å²) in [7, 11) is 0. The lowest BCUT2D eigenvalue weighted by atomic mass is 9.96. The Morgan fingerprint density at radius 2 is 1.87 bits per heavy atom. The lowest BCUT2D eigenvalue weighted by molar-refractivity contribution is -0.155. The van der Waals surface area contributed by atoms with Gasteiger partial charge in [-0.05, 0) is 56.9 Å².